The summed E-state index contributed by atoms with van der Waals surface area (Å²) in [5, 5.41) is 11.0. The third-order valence-corrected chi connectivity index (χ3v) is 4.11. The molecule has 1 aromatic carbocycles. The van der Waals surface area contributed by atoms with Crippen LogP contribution in [0, 0.1) is 5.82 Å². The summed E-state index contributed by atoms with van der Waals surface area (Å²) in [6, 6.07) is 4.45. The van der Waals surface area contributed by atoms with Gasteiger partial charge in [-0.25, -0.2) is 14.4 Å². The van der Waals surface area contributed by atoms with Gasteiger partial charge < -0.3 is 15.4 Å². The Morgan fingerprint density at radius 3 is 2.74 bits per heavy atom. The average Bonchev–Trinajstić information content (AvgIpc) is 2.77. The lowest BCUT2D eigenvalue weighted by Gasteiger charge is -2.20. The van der Waals surface area contributed by atoms with Crippen molar-refractivity contribution in [3.05, 3.63) is 29.8 Å². The highest BCUT2D eigenvalue weighted by molar-refractivity contribution is 7.97. The molecule has 0 bridgehead atoms. The molecule has 0 atom stereocenters. The normalized spacial score (nSPS) is 12.4. The van der Waals surface area contributed by atoms with Gasteiger partial charge in [0.1, 0.15) is 17.2 Å². The van der Waals surface area contributed by atoms with Crippen molar-refractivity contribution in [2.24, 2.45) is 0 Å². The molecule has 5 nitrogen and oxygen atoms in total. The Morgan fingerprint density at radius 1 is 1.35 bits per heavy atom. The van der Waals surface area contributed by atoms with Crippen LogP contribution in [0.3, 0.4) is 0 Å². The first-order valence-electron chi connectivity index (χ1n) is 7.25. The molecule has 0 aliphatic rings. The van der Waals surface area contributed by atoms with Crippen LogP contribution in [-0.2, 0) is 12.3 Å². The Balaban J connectivity index is 2.40. The summed E-state index contributed by atoms with van der Waals surface area (Å²) in [6.45, 7) is 3.86. The number of nitrogens with two attached hydrogens (primary N) is 1. The standard InChI is InChI=1S/C16H19FN4OS/c1-16(2,22)8-21-12(7-23-3)20-13-14(21)10-5-4-9(17)6-11(10)19-15(13)18/h4-6,22H,7-8H2,1-3H3,(H2,18,19). The first kappa shape index (κ1) is 16.0. The largest absolute Gasteiger partial charge is 0.389 e. The number of aliphatic hydroxyl groups is 1. The van der Waals surface area contributed by atoms with Gasteiger partial charge in [0.05, 0.1) is 28.9 Å². The topological polar surface area (TPSA) is 77.0 Å². The van der Waals surface area contributed by atoms with E-state index >= 15 is 0 Å². The lowest BCUT2D eigenvalue weighted by Crippen LogP contribution is -2.27. The maximum atomic E-state index is 13.5. The van der Waals surface area contributed by atoms with Crippen LogP contribution >= 0.6 is 11.8 Å². The highest BCUT2D eigenvalue weighted by Crippen LogP contribution is 2.31. The van der Waals surface area contributed by atoms with Crippen molar-refractivity contribution in [3.8, 4) is 0 Å². The van der Waals surface area contributed by atoms with Gasteiger partial charge >= 0.3 is 0 Å². The molecule has 3 N–H and O–H groups in total. The molecular formula is C16H19FN4OS. The Hall–Kier alpha value is -1.86. The van der Waals surface area contributed by atoms with Crippen molar-refractivity contribution in [1.82, 2.24) is 14.5 Å². The highest BCUT2D eigenvalue weighted by Gasteiger charge is 2.22. The molecule has 0 aliphatic heterocycles. The number of hydrogen-bond donors (Lipinski definition) is 2. The second kappa shape index (κ2) is 5.65. The minimum absolute atomic E-state index is 0.273. The number of benzene rings is 1. The predicted molar refractivity (Wildman–Crippen MR) is 92.9 cm³/mol. The third-order valence-electron chi connectivity index (χ3n) is 3.56. The number of aromatic nitrogens is 3. The van der Waals surface area contributed by atoms with Gasteiger partial charge in [-0.05, 0) is 32.2 Å². The van der Waals surface area contributed by atoms with Crippen LogP contribution in [-0.4, -0.2) is 31.5 Å². The molecule has 23 heavy (non-hydrogen) atoms. The van der Waals surface area contributed by atoms with Crippen LogP contribution in [0.2, 0.25) is 0 Å². The monoisotopic (exact) mass is 334 g/mol. The molecule has 122 valence electrons. The fourth-order valence-electron chi connectivity index (χ4n) is 2.73. The lowest BCUT2D eigenvalue weighted by atomic mass is 10.1. The molecule has 0 unspecified atom stereocenters. The van der Waals surface area contributed by atoms with Crippen LogP contribution in [0.15, 0.2) is 18.2 Å². The smallest absolute Gasteiger partial charge is 0.152 e. The number of nitrogen functional groups attached to an aromatic ring is 1. The van der Waals surface area contributed by atoms with E-state index in [0.29, 0.717) is 23.3 Å². The summed E-state index contributed by atoms with van der Waals surface area (Å²) < 4.78 is 15.5. The summed E-state index contributed by atoms with van der Waals surface area (Å²) >= 11 is 1.64. The summed E-state index contributed by atoms with van der Waals surface area (Å²) in [7, 11) is 0. The fraction of sp³-hybridized carbons (Fsp3) is 0.375. The molecule has 0 amide bonds. The molecule has 0 saturated heterocycles. The molecule has 0 aliphatic carbocycles. The van der Waals surface area contributed by atoms with Gasteiger partial charge in [-0.15, -0.1) is 0 Å². The van der Waals surface area contributed by atoms with Crippen LogP contribution < -0.4 is 5.73 Å². The summed E-state index contributed by atoms with van der Waals surface area (Å²) in [5.41, 5.74) is 7.00. The number of halogens is 1. The van der Waals surface area contributed by atoms with Gasteiger partial charge in [-0.1, -0.05) is 0 Å². The zero-order valence-electron chi connectivity index (χ0n) is 13.3. The number of imidazole rings is 1. The third kappa shape index (κ3) is 2.98. The molecule has 3 rings (SSSR count). The second-order valence-electron chi connectivity index (χ2n) is 6.22. The number of fused-ring (bicyclic) bond motifs is 3. The summed E-state index contributed by atoms with van der Waals surface area (Å²) in [5.74, 6) is 1.42. The predicted octanol–water partition coefficient (Wildman–Crippen LogP) is 2.94. The Labute approximate surface area is 137 Å². The van der Waals surface area contributed by atoms with Crippen molar-refractivity contribution in [1.29, 1.82) is 0 Å². The number of rotatable bonds is 4. The van der Waals surface area contributed by atoms with Gasteiger partial charge in [0.25, 0.3) is 0 Å². The minimum atomic E-state index is -0.912. The first-order chi connectivity index (χ1) is 10.8. The van der Waals surface area contributed by atoms with E-state index < -0.39 is 5.60 Å². The van der Waals surface area contributed by atoms with E-state index in [-0.39, 0.29) is 11.6 Å². The van der Waals surface area contributed by atoms with Crippen LogP contribution in [0.1, 0.15) is 19.7 Å². The maximum Gasteiger partial charge on any atom is 0.152 e. The van der Waals surface area contributed by atoms with Crippen molar-refractivity contribution < 1.29 is 9.50 Å². The second-order valence-corrected chi connectivity index (χ2v) is 7.08. The van der Waals surface area contributed by atoms with Crippen molar-refractivity contribution in [2.45, 2.75) is 31.7 Å². The lowest BCUT2D eigenvalue weighted by molar-refractivity contribution is 0.0620. The van der Waals surface area contributed by atoms with E-state index in [1.54, 1.807) is 31.7 Å². The molecule has 0 spiro atoms. The number of hydrogen-bond acceptors (Lipinski definition) is 5. The minimum Gasteiger partial charge on any atom is -0.389 e. The number of thioether (sulfide) groups is 1. The Morgan fingerprint density at radius 2 is 2.09 bits per heavy atom. The maximum absolute atomic E-state index is 13.5. The van der Waals surface area contributed by atoms with Crippen molar-refractivity contribution in [2.75, 3.05) is 12.0 Å². The van der Waals surface area contributed by atoms with E-state index in [2.05, 4.69) is 9.97 Å². The van der Waals surface area contributed by atoms with Crippen LogP contribution in [0.25, 0.3) is 21.9 Å². The van der Waals surface area contributed by atoms with Gasteiger partial charge in [0.2, 0.25) is 0 Å². The van der Waals surface area contributed by atoms with Gasteiger partial charge in [-0.2, -0.15) is 11.8 Å². The quantitative estimate of drug-likeness (QED) is 0.767. The van der Waals surface area contributed by atoms with E-state index in [1.807, 2.05) is 10.8 Å². The molecule has 3 aromatic rings. The van der Waals surface area contributed by atoms with E-state index in [0.717, 1.165) is 16.7 Å². The van der Waals surface area contributed by atoms with E-state index in [9.17, 15) is 9.50 Å². The molecule has 7 heteroatoms. The molecule has 0 saturated carbocycles. The zero-order valence-corrected chi connectivity index (χ0v) is 14.1. The fourth-order valence-corrected chi connectivity index (χ4v) is 3.21. The molecule has 0 radical (unpaired) electrons. The zero-order chi connectivity index (χ0) is 16.8. The molecular weight excluding hydrogens is 315 g/mol. The van der Waals surface area contributed by atoms with Crippen molar-refractivity contribution in [3.63, 3.8) is 0 Å². The number of anilines is 1. The number of pyridine rings is 1. The molecule has 0 fully saturated rings. The van der Waals surface area contributed by atoms with Crippen molar-refractivity contribution >= 4 is 39.5 Å². The summed E-state index contributed by atoms with van der Waals surface area (Å²) in [4.78, 5) is 8.88. The van der Waals surface area contributed by atoms with Gasteiger partial charge in [0, 0.05) is 11.5 Å². The van der Waals surface area contributed by atoms with Crippen LogP contribution in [0.4, 0.5) is 10.2 Å². The SMILES string of the molecule is CSCc1nc2c(N)nc3cc(F)ccc3c2n1CC(C)(C)O. The Bertz CT molecular complexity index is 885. The van der Waals surface area contributed by atoms with Gasteiger partial charge in [-0.3, -0.25) is 0 Å². The van der Waals surface area contributed by atoms with Gasteiger partial charge in [0.15, 0.2) is 5.82 Å². The average molecular weight is 334 g/mol. The number of nitrogens with zero attached hydrogens (tertiary/aromatic N) is 3. The summed E-state index contributed by atoms with van der Waals surface area (Å²) in [6.07, 6.45) is 1.99. The molecule has 2 heterocycles. The highest BCUT2D eigenvalue weighted by atomic mass is 32.2. The van der Waals surface area contributed by atoms with E-state index in [1.165, 1.54) is 12.1 Å². The first-order valence-corrected chi connectivity index (χ1v) is 8.65. The Kier molecular flexibility index (Phi) is 3.93. The van der Waals surface area contributed by atoms with E-state index in [4.69, 9.17) is 5.73 Å². The molecule has 2 aromatic heterocycles. The van der Waals surface area contributed by atoms with Crippen LogP contribution in [0.5, 0.6) is 0 Å².